The van der Waals surface area contributed by atoms with Crippen molar-refractivity contribution in [2.75, 3.05) is 46.2 Å². The molecule has 12 N–H and O–H groups in total. The second-order valence-corrected chi connectivity index (χ2v) is 34.9. The van der Waals surface area contributed by atoms with Gasteiger partial charge in [-0.05, 0) is 314 Å². The van der Waals surface area contributed by atoms with Crippen LogP contribution in [0.3, 0.4) is 0 Å². The first kappa shape index (κ1) is 97.3. The number of hydrogen-bond acceptors (Lipinski definition) is 24. The lowest BCUT2D eigenvalue weighted by Gasteiger charge is -2.32. The van der Waals surface area contributed by atoms with Crippen LogP contribution in [0.5, 0.6) is 23.0 Å². The van der Waals surface area contributed by atoms with Crippen LogP contribution in [0.2, 0.25) is 0 Å². The third-order valence-electron chi connectivity index (χ3n) is 26.8. The number of esters is 4. The number of carbonyl (C=O) groups excluding carboxylic acids is 4. The van der Waals surface area contributed by atoms with Gasteiger partial charge in [-0.2, -0.15) is 0 Å². The summed E-state index contributed by atoms with van der Waals surface area (Å²) in [4.78, 5) is 89.6. The van der Waals surface area contributed by atoms with Crippen LogP contribution in [0.1, 0.15) is 214 Å². The summed E-state index contributed by atoms with van der Waals surface area (Å²) in [6.07, 6.45) is 16.1. The Balaban J connectivity index is 0.000000185. The lowest BCUT2D eigenvalue weighted by atomic mass is 9.73. The lowest BCUT2D eigenvalue weighted by molar-refractivity contribution is -0.156. The molecule has 0 aliphatic heterocycles. The molecule has 0 heterocycles. The van der Waals surface area contributed by atoms with E-state index in [1.807, 2.05) is 76.2 Å². The minimum absolute atomic E-state index is 0.0346. The van der Waals surface area contributed by atoms with Gasteiger partial charge in [0, 0.05) is 12.8 Å². The largest absolute Gasteiger partial charge is 0.482 e. The average Bonchev–Trinajstić information content (AvgIpc) is 1.61. The Morgan fingerprint density at radius 1 is 0.344 bits per heavy atom. The zero-order valence-electron chi connectivity index (χ0n) is 71.4. The molecule has 4 fully saturated rings. The number of benzene rings is 4. The Morgan fingerprint density at radius 3 is 0.918 bits per heavy atom. The molecule has 0 amide bonds. The summed E-state index contributed by atoms with van der Waals surface area (Å²) in [6, 6.07) is 23.3. The molecule has 4 saturated carbocycles. The number of aliphatic hydroxyl groups is 8. The average molecular weight is 1710 g/mol. The molecule has 0 spiro atoms. The number of aliphatic hydroxyl groups excluding tert-OH is 8. The number of rotatable bonds is 41. The topological polar surface area (TPSA) is 453 Å². The van der Waals surface area contributed by atoms with E-state index in [1.165, 1.54) is 16.7 Å². The van der Waals surface area contributed by atoms with E-state index in [9.17, 15) is 79.2 Å². The molecule has 4 aromatic carbocycles. The van der Waals surface area contributed by atoms with E-state index in [0.717, 1.165) is 182 Å². The van der Waals surface area contributed by atoms with Crippen molar-refractivity contribution in [3.8, 4) is 23.0 Å². The third kappa shape index (κ3) is 28.5. The molecule has 28 nitrogen and oxygen atoms in total. The number of carboxylic acids is 4. The van der Waals surface area contributed by atoms with Gasteiger partial charge in [-0.25, -0.2) is 24.0 Å². The van der Waals surface area contributed by atoms with Crippen LogP contribution in [-0.4, -0.2) is 210 Å². The monoisotopic (exact) mass is 1710 g/mol. The SMILES string of the molecule is CC[C@H](O)CC[C@@H]1[C@H]2Cc3cccc(OCC(=O)OC(C)CCC(=O)O)c3C[C@H]2C[C@H]1O.CC[C@H](O)CC[C@@H]1[C@H]2Cc3cccc(OCC(=O)OCC(=O)O)c3C[C@H]2C[C@H]1O.CC[C@H](O)CC[C@@H]1[C@H]2Cc3cccc(OCC(=O)OCCC(=O)O)c3C[C@H]2C[C@H]1O.CC[C@H](O)CC[C@@H]1[C@H]2Cc3cccc(OCC(=O)OCCCC(=O)O)c3C[C@H]2C[C@H]1O. The molecule has 0 radical (unpaired) electrons. The van der Waals surface area contributed by atoms with E-state index in [-0.39, 0.29) is 144 Å². The van der Waals surface area contributed by atoms with E-state index in [4.69, 9.17) is 53.6 Å². The summed E-state index contributed by atoms with van der Waals surface area (Å²) in [7, 11) is 0. The lowest BCUT2D eigenvalue weighted by Crippen LogP contribution is -2.28. The van der Waals surface area contributed by atoms with Crippen LogP contribution in [0, 0.1) is 71.0 Å². The van der Waals surface area contributed by atoms with Crippen LogP contribution in [0.25, 0.3) is 0 Å². The van der Waals surface area contributed by atoms with Crippen molar-refractivity contribution in [1.82, 2.24) is 0 Å². The maximum atomic E-state index is 12.1. The molecule has 8 aliphatic carbocycles. The molecular weight excluding hydrogens is 1580 g/mol. The first-order valence-corrected chi connectivity index (χ1v) is 44.4. The van der Waals surface area contributed by atoms with Crippen LogP contribution in [0.4, 0.5) is 0 Å². The summed E-state index contributed by atoms with van der Waals surface area (Å²) in [5, 5.41) is 117. The minimum Gasteiger partial charge on any atom is -0.482 e. The van der Waals surface area contributed by atoms with E-state index in [1.54, 1.807) is 6.92 Å². The smallest absolute Gasteiger partial charge is 0.344 e. The predicted octanol–water partition coefficient (Wildman–Crippen LogP) is 10.2. The van der Waals surface area contributed by atoms with Gasteiger partial charge in [-0.15, -0.1) is 0 Å². The maximum absolute atomic E-state index is 12.1. The number of hydrogen-bond donors (Lipinski definition) is 12. The van der Waals surface area contributed by atoms with Crippen LogP contribution in [-0.2, 0) is 109 Å². The molecule has 21 atom stereocenters. The van der Waals surface area contributed by atoms with Gasteiger partial charge in [0.2, 0.25) is 0 Å². The van der Waals surface area contributed by atoms with E-state index >= 15 is 0 Å². The van der Waals surface area contributed by atoms with Crippen LogP contribution >= 0.6 is 0 Å². The maximum Gasteiger partial charge on any atom is 0.344 e. The molecule has 8 aliphatic rings. The second kappa shape index (κ2) is 48.1. The number of fused-ring (bicyclic) bond motifs is 8. The van der Waals surface area contributed by atoms with Gasteiger partial charge in [0.05, 0.1) is 68.0 Å². The minimum atomic E-state index is -1.21. The molecule has 4 aromatic rings. The molecule has 12 rings (SSSR count). The third-order valence-corrected chi connectivity index (χ3v) is 26.8. The Hall–Kier alpha value is -8.48. The van der Waals surface area contributed by atoms with Gasteiger partial charge in [-0.1, -0.05) is 76.2 Å². The number of carbonyl (C=O) groups is 8. The van der Waals surface area contributed by atoms with Gasteiger partial charge in [0.15, 0.2) is 33.0 Å². The highest BCUT2D eigenvalue weighted by Gasteiger charge is 2.49. The van der Waals surface area contributed by atoms with Crippen molar-refractivity contribution in [3.05, 3.63) is 117 Å². The summed E-state index contributed by atoms with van der Waals surface area (Å²) < 4.78 is 42.6. The Labute approximate surface area is 715 Å². The Kier molecular flexibility index (Phi) is 38.4. The van der Waals surface area contributed by atoms with Gasteiger partial charge >= 0.3 is 47.8 Å². The molecular formula is C94H132O28. The normalized spacial score (nSPS) is 25.9. The van der Waals surface area contributed by atoms with Gasteiger partial charge < -0.3 is 99.2 Å². The zero-order valence-corrected chi connectivity index (χ0v) is 71.4. The van der Waals surface area contributed by atoms with Gasteiger partial charge in [0.25, 0.3) is 0 Å². The van der Waals surface area contributed by atoms with Crippen molar-refractivity contribution >= 4 is 47.8 Å². The van der Waals surface area contributed by atoms with E-state index < -0.39 is 60.5 Å². The van der Waals surface area contributed by atoms with Crippen molar-refractivity contribution < 1.29 is 138 Å². The molecule has 0 saturated heterocycles. The number of carboxylic acid groups (broad SMARTS) is 4. The summed E-state index contributed by atoms with van der Waals surface area (Å²) in [5.41, 5.74) is 9.08. The fraction of sp³-hybridized carbons (Fsp3) is 0.660. The quantitative estimate of drug-likeness (QED) is 0.0112. The van der Waals surface area contributed by atoms with Crippen LogP contribution < -0.4 is 18.9 Å². The van der Waals surface area contributed by atoms with E-state index in [2.05, 4.69) is 29.0 Å². The van der Waals surface area contributed by atoms with Crippen molar-refractivity contribution in [2.45, 2.75) is 276 Å². The highest BCUT2D eigenvalue weighted by Crippen LogP contribution is 2.53. The Bertz CT molecular complexity index is 4050. The first-order valence-electron chi connectivity index (χ1n) is 44.4. The highest BCUT2D eigenvalue weighted by atomic mass is 16.6. The summed E-state index contributed by atoms with van der Waals surface area (Å²) in [6.45, 7) is 7.76. The molecule has 122 heavy (non-hydrogen) atoms. The fourth-order valence-electron chi connectivity index (χ4n) is 20.2. The summed E-state index contributed by atoms with van der Waals surface area (Å²) >= 11 is 0. The second-order valence-electron chi connectivity index (χ2n) is 34.9. The van der Waals surface area contributed by atoms with Crippen molar-refractivity contribution in [2.24, 2.45) is 71.0 Å². The van der Waals surface area contributed by atoms with Crippen molar-refractivity contribution in [1.29, 1.82) is 0 Å². The molecule has 0 bridgehead atoms. The van der Waals surface area contributed by atoms with E-state index in [0.29, 0.717) is 70.3 Å². The van der Waals surface area contributed by atoms with Gasteiger partial charge in [0.1, 0.15) is 29.6 Å². The summed E-state index contributed by atoms with van der Waals surface area (Å²) in [5.74, 6) is 0.112. The predicted molar refractivity (Wildman–Crippen MR) is 446 cm³/mol. The number of ether oxygens (including phenoxy) is 8. The van der Waals surface area contributed by atoms with Crippen molar-refractivity contribution in [3.63, 3.8) is 0 Å². The molecule has 676 valence electrons. The molecule has 0 aromatic heterocycles. The molecule has 28 heteroatoms. The highest BCUT2D eigenvalue weighted by molar-refractivity contribution is 5.76. The van der Waals surface area contributed by atoms with Gasteiger partial charge in [-0.3, -0.25) is 14.4 Å². The standard InChI is InChI=1S/C25H36O7.C24H34O7.C23H32O7.C22H30O7/c1-3-18(26)8-9-19-20-11-16-5-4-6-23(21(16)12-17(20)13-22(19)27)31-14-25(30)32-15(2)7-10-24(28)29;1-2-17(25)8-9-18-19-11-15-5-3-6-22(20(15)12-16(19)13-21(18)26)31-14-24(29)30-10-4-7-23(27)28;1-2-16(24)6-7-17-18-10-14-4-3-5-21(19(14)11-15(18)12-20(17)25)30-13-23(28)29-9-8-22(26)27;1-2-15(23)6-7-16-17-8-13-4-3-5-20(18(13)9-14(17)10-19(16)24)28-12-22(27)29-11-21(25)26/h4-6,15,17-20,22,26-27H,3,7-14H2,1-2H3,(H,28,29);3,5-6,16-19,21,25-26H,2,4,7-14H2,1H3,(H,27,28);3-5,15-18,20,24-25H,2,6-13H2,1H3,(H,26,27);3-5,14-17,19,23-24H,2,6-12H2,1H3,(H,25,26)/t15?,17-,18-,19+,20-,22+;16-,17-,18+,19-,21+;15-,16-,17+,18-,20+;14-,15-,16+,17-,19+/m0000/s1. The number of aliphatic carboxylic acids is 4. The fourth-order valence-corrected chi connectivity index (χ4v) is 20.2. The Morgan fingerprint density at radius 2 is 0.631 bits per heavy atom. The zero-order chi connectivity index (χ0) is 88.3. The molecule has 1 unspecified atom stereocenters. The van der Waals surface area contributed by atoms with Crippen LogP contribution in [0.15, 0.2) is 72.8 Å². The first-order chi connectivity index (χ1) is 58.4.